The Bertz CT molecular complexity index is 767. The zero-order valence-electron chi connectivity index (χ0n) is 11.3. The number of aromatic nitrogens is 2. The van der Waals surface area contributed by atoms with E-state index in [9.17, 15) is 4.39 Å². The summed E-state index contributed by atoms with van der Waals surface area (Å²) in [5.74, 6) is 1.09. The Hall–Kier alpha value is -2.01. The maximum Gasteiger partial charge on any atom is 0.172 e. The average molecular weight is 287 g/mol. The molecule has 3 rings (SSSR count). The molecule has 2 heterocycles. The number of thiophene rings is 1. The highest BCUT2D eigenvalue weighted by Crippen LogP contribution is 2.31. The van der Waals surface area contributed by atoms with Crippen molar-refractivity contribution >= 4 is 28.1 Å². The molecule has 20 heavy (non-hydrogen) atoms. The van der Waals surface area contributed by atoms with Crippen LogP contribution in [0.15, 0.2) is 29.6 Å². The molecule has 0 spiro atoms. The molecule has 0 saturated carbocycles. The number of benzene rings is 1. The lowest BCUT2D eigenvalue weighted by Crippen LogP contribution is -1.99. The molecule has 3 nitrogen and oxygen atoms in total. The van der Waals surface area contributed by atoms with Gasteiger partial charge < -0.3 is 5.32 Å². The molecule has 102 valence electrons. The summed E-state index contributed by atoms with van der Waals surface area (Å²) in [6, 6.07) is 6.66. The van der Waals surface area contributed by atoms with Crippen molar-refractivity contribution in [2.24, 2.45) is 0 Å². The monoisotopic (exact) mass is 287 g/mol. The van der Waals surface area contributed by atoms with Gasteiger partial charge in [0.1, 0.15) is 11.6 Å². The van der Waals surface area contributed by atoms with Crippen LogP contribution in [0.1, 0.15) is 12.5 Å². The second-order valence-electron chi connectivity index (χ2n) is 4.44. The Morgan fingerprint density at radius 2 is 2.10 bits per heavy atom. The number of anilines is 1. The fourth-order valence-corrected chi connectivity index (χ4v) is 3.13. The van der Waals surface area contributed by atoms with Crippen LogP contribution in [0, 0.1) is 5.82 Å². The molecule has 0 radical (unpaired) electrons. The van der Waals surface area contributed by atoms with Crippen LogP contribution in [0.25, 0.3) is 21.6 Å². The van der Waals surface area contributed by atoms with Gasteiger partial charge in [-0.3, -0.25) is 0 Å². The first kappa shape index (κ1) is 13.0. The number of nitrogens with one attached hydrogen (secondary N) is 1. The lowest BCUT2D eigenvalue weighted by molar-refractivity contribution is 0.629. The highest BCUT2D eigenvalue weighted by Gasteiger charge is 2.13. The summed E-state index contributed by atoms with van der Waals surface area (Å²) in [7, 11) is 1.81. The number of hydrogen-bond acceptors (Lipinski definition) is 4. The highest BCUT2D eigenvalue weighted by atomic mass is 32.1. The van der Waals surface area contributed by atoms with E-state index in [0.29, 0.717) is 11.3 Å². The van der Waals surface area contributed by atoms with Gasteiger partial charge >= 0.3 is 0 Å². The predicted octanol–water partition coefficient (Wildman–Crippen LogP) is 4.10. The van der Waals surface area contributed by atoms with Gasteiger partial charge in [0.25, 0.3) is 0 Å². The Balaban J connectivity index is 2.27. The number of nitrogens with zero attached hydrogens (tertiary/aromatic N) is 2. The molecule has 2 aromatic heterocycles. The van der Waals surface area contributed by atoms with Gasteiger partial charge in [0.2, 0.25) is 0 Å². The third kappa shape index (κ3) is 2.14. The Labute approximate surface area is 120 Å². The summed E-state index contributed by atoms with van der Waals surface area (Å²) >= 11 is 1.61. The van der Waals surface area contributed by atoms with E-state index in [1.807, 2.05) is 12.4 Å². The molecule has 1 aromatic carbocycles. The minimum Gasteiger partial charge on any atom is -0.373 e. The summed E-state index contributed by atoms with van der Waals surface area (Å²) in [6.45, 7) is 2.10. The molecule has 0 atom stereocenters. The summed E-state index contributed by atoms with van der Waals surface area (Å²) in [5, 5.41) is 5.92. The third-order valence-corrected chi connectivity index (χ3v) is 4.18. The van der Waals surface area contributed by atoms with Crippen LogP contribution in [-0.4, -0.2) is 17.0 Å². The normalized spacial score (nSPS) is 10.9. The van der Waals surface area contributed by atoms with Gasteiger partial charge in [-0.2, -0.15) is 0 Å². The molecule has 0 fully saturated rings. The molecule has 0 aliphatic heterocycles. The van der Waals surface area contributed by atoms with Gasteiger partial charge in [-0.15, -0.1) is 11.3 Å². The largest absolute Gasteiger partial charge is 0.373 e. The van der Waals surface area contributed by atoms with Crippen molar-refractivity contribution in [2.75, 3.05) is 12.4 Å². The summed E-state index contributed by atoms with van der Waals surface area (Å²) in [5.41, 5.74) is 1.84. The third-order valence-electron chi connectivity index (χ3n) is 3.23. The van der Waals surface area contributed by atoms with E-state index in [1.54, 1.807) is 17.4 Å². The van der Waals surface area contributed by atoms with E-state index in [0.717, 1.165) is 22.5 Å². The fraction of sp³-hybridized carbons (Fsp3) is 0.200. The van der Waals surface area contributed by atoms with Crippen LogP contribution in [0.5, 0.6) is 0 Å². The van der Waals surface area contributed by atoms with Crippen molar-refractivity contribution in [1.82, 2.24) is 9.97 Å². The second-order valence-corrected chi connectivity index (χ2v) is 5.35. The molecule has 0 bridgehead atoms. The molecule has 0 aliphatic rings. The first-order valence-electron chi connectivity index (χ1n) is 6.44. The SMILES string of the molecule is CCc1ccsc1-c1nc(NC)c2ccc(F)cc2n1. The van der Waals surface area contributed by atoms with Gasteiger partial charge in [-0.25, -0.2) is 14.4 Å². The molecule has 0 saturated heterocycles. The summed E-state index contributed by atoms with van der Waals surface area (Å²) in [6.07, 6.45) is 0.929. The van der Waals surface area contributed by atoms with Crippen LogP contribution in [-0.2, 0) is 6.42 Å². The van der Waals surface area contributed by atoms with Crippen LogP contribution in [0.4, 0.5) is 10.2 Å². The van der Waals surface area contributed by atoms with E-state index in [-0.39, 0.29) is 5.82 Å². The van der Waals surface area contributed by atoms with Gasteiger partial charge in [0.05, 0.1) is 10.4 Å². The van der Waals surface area contributed by atoms with Crippen molar-refractivity contribution in [1.29, 1.82) is 0 Å². The fourth-order valence-electron chi connectivity index (χ4n) is 2.21. The van der Waals surface area contributed by atoms with Crippen molar-refractivity contribution < 1.29 is 4.39 Å². The first-order chi connectivity index (χ1) is 9.72. The smallest absolute Gasteiger partial charge is 0.172 e. The van der Waals surface area contributed by atoms with Crippen molar-refractivity contribution in [3.05, 3.63) is 41.0 Å². The van der Waals surface area contributed by atoms with Gasteiger partial charge in [-0.1, -0.05) is 6.92 Å². The van der Waals surface area contributed by atoms with E-state index in [2.05, 4.69) is 28.3 Å². The molecule has 0 aliphatic carbocycles. The molecule has 0 amide bonds. The van der Waals surface area contributed by atoms with Crippen LogP contribution < -0.4 is 5.32 Å². The molecule has 5 heteroatoms. The minimum absolute atomic E-state index is 0.286. The predicted molar refractivity (Wildman–Crippen MR) is 81.7 cm³/mol. The van der Waals surface area contributed by atoms with Crippen LogP contribution in [0.2, 0.25) is 0 Å². The standard InChI is InChI=1S/C15H14FN3S/c1-3-9-6-7-20-13(9)15-18-12-8-10(16)4-5-11(12)14(17-2)19-15/h4-8H,3H2,1-2H3,(H,17,18,19). The molecular formula is C15H14FN3S. The van der Waals surface area contributed by atoms with Gasteiger partial charge in [0, 0.05) is 18.5 Å². The molecule has 0 unspecified atom stereocenters. The molecular weight excluding hydrogens is 273 g/mol. The lowest BCUT2D eigenvalue weighted by atomic mass is 10.2. The number of rotatable bonds is 3. The van der Waals surface area contributed by atoms with E-state index >= 15 is 0 Å². The number of aryl methyl sites for hydroxylation is 1. The number of fused-ring (bicyclic) bond motifs is 1. The Morgan fingerprint density at radius 1 is 1.25 bits per heavy atom. The van der Waals surface area contributed by atoms with E-state index in [4.69, 9.17) is 0 Å². The summed E-state index contributed by atoms with van der Waals surface area (Å²) < 4.78 is 13.4. The minimum atomic E-state index is -0.286. The Kier molecular flexibility index (Phi) is 3.36. The number of halogens is 1. The Morgan fingerprint density at radius 3 is 2.85 bits per heavy atom. The molecule has 1 N–H and O–H groups in total. The zero-order chi connectivity index (χ0) is 14.1. The molecule has 3 aromatic rings. The topological polar surface area (TPSA) is 37.8 Å². The van der Waals surface area contributed by atoms with E-state index in [1.165, 1.54) is 17.7 Å². The lowest BCUT2D eigenvalue weighted by Gasteiger charge is -2.08. The van der Waals surface area contributed by atoms with Crippen molar-refractivity contribution in [3.8, 4) is 10.7 Å². The second kappa shape index (κ2) is 5.17. The summed E-state index contributed by atoms with van der Waals surface area (Å²) in [4.78, 5) is 10.1. The maximum absolute atomic E-state index is 13.4. The first-order valence-corrected chi connectivity index (χ1v) is 7.32. The van der Waals surface area contributed by atoms with Gasteiger partial charge in [0.15, 0.2) is 5.82 Å². The zero-order valence-corrected chi connectivity index (χ0v) is 12.1. The van der Waals surface area contributed by atoms with Crippen molar-refractivity contribution in [3.63, 3.8) is 0 Å². The van der Waals surface area contributed by atoms with Gasteiger partial charge in [-0.05, 0) is 35.6 Å². The van der Waals surface area contributed by atoms with Crippen molar-refractivity contribution in [2.45, 2.75) is 13.3 Å². The maximum atomic E-state index is 13.4. The number of hydrogen-bond donors (Lipinski definition) is 1. The van der Waals surface area contributed by atoms with Crippen LogP contribution in [0.3, 0.4) is 0 Å². The van der Waals surface area contributed by atoms with Crippen LogP contribution >= 0.6 is 11.3 Å². The van der Waals surface area contributed by atoms with E-state index < -0.39 is 0 Å². The highest BCUT2D eigenvalue weighted by molar-refractivity contribution is 7.13. The quantitative estimate of drug-likeness (QED) is 0.788. The average Bonchev–Trinajstić information content (AvgIpc) is 2.94.